The predicted octanol–water partition coefficient (Wildman–Crippen LogP) is 2.22. The van der Waals surface area contributed by atoms with E-state index in [0.717, 1.165) is 12.8 Å². The van der Waals surface area contributed by atoms with Crippen LogP contribution in [-0.2, 0) is 9.84 Å². The molecule has 0 aliphatic rings. The highest BCUT2D eigenvalue weighted by molar-refractivity contribution is 4.48. The van der Waals surface area contributed by atoms with E-state index in [1.54, 1.807) is 0 Å². The van der Waals surface area contributed by atoms with Crippen molar-refractivity contribution < 1.29 is 9.84 Å². The van der Waals surface area contributed by atoms with Crippen LogP contribution in [0, 0.1) is 5.92 Å². The van der Waals surface area contributed by atoms with Gasteiger partial charge in [0.25, 0.3) is 0 Å². The van der Waals surface area contributed by atoms with E-state index in [4.69, 9.17) is 4.74 Å². The maximum Gasteiger partial charge on any atom is 0.188 e. The summed E-state index contributed by atoms with van der Waals surface area (Å²) in [4.78, 5) is 0. The molecule has 0 rings (SSSR count). The van der Waals surface area contributed by atoms with Crippen LogP contribution in [0.5, 0.6) is 0 Å². The molecule has 0 aromatic heterocycles. The van der Waals surface area contributed by atoms with Gasteiger partial charge >= 0.3 is 0 Å². The molecule has 2 atom stereocenters. The first-order valence-corrected chi connectivity index (χ1v) is 3.94. The summed E-state index contributed by atoms with van der Waals surface area (Å²) in [6, 6.07) is 0. The van der Waals surface area contributed by atoms with E-state index < -0.39 is 6.29 Å². The van der Waals surface area contributed by atoms with Gasteiger partial charge in [0.1, 0.15) is 0 Å². The minimum absolute atomic E-state index is 0.529. The molecule has 0 spiro atoms. The molecule has 0 aliphatic heterocycles. The molecule has 2 nitrogen and oxygen atoms in total. The zero-order valence-electron chi connectivity index (χ0n) is 7.09. The van der Waals surface area contributed by atoms with Gasteiger partial charge in [0.15, 0.2) is 6.29 Å². The van der Waals surface area contributed by atoms with E-state index in [-0.39, 0.29) is 0 Å². The minimum Gasteiger partial charge on any atom is -0.350 e. The second kappa shape index (κ2) is 5.69. The lowest BCUT2D eigenvalue weighted by Gasteiger charge is -2.10. The van der Waals surface area contributed by atoms with Gasteiger partial charge in [-0.2, -0.15) is 0 Å². The van der Waals surface area contributed by atoms with Crippen LogP contribution in [-0.4, -0.2) is 12.9 Å². The molecule has 0 saturated carbocycles. The van der Waals surface area contributed by atoms with Crippen molar-refractivity contribution in [2.75, 3.05) is 6.61 Å². The Morgan fingerprint density at radius 2 is 2.00 bits per heavy atom. The molecular weight excluding hydrogens is 128 g/mol. The number of ether oxygens (including phenoxy) is 1. The molecule has 0 aliphatic carbocycles. The molecule has 1 radical (unpaired) electrons. The molecule has 0 saturated heterocycles. The van der Waals surface area contributed by atoms with Crippen LogP contribution in [0.15, 0.2) is 0 Å². The van der Waals surface area contributed by atoms with Gasteiger partial charge in [0.05, 0.1) is 6.61 Å². The van der Waals surface area contributed by atoms with E-state index in [2.05, 4.69) is 13.8 Å². The van der Waals surface area contributed by atoms with Crippen molar-refractivity contribution in [2.24, 2.45) is 5.92 Å². The maximum atomic E-state index is 10.4. The quantitative estimate of drug-likeness (QED) is 0.545. The smallest absolute Gasteiger partial charge is 0.188 e. The maximum absolute atomic E-state index is 10.4. The summed E-state index contributed by atoms with van der Waals surface area (Å²) >= 11 is 0. The monoisotopic (exact) mass is 145 g/mol. The van der Waals surface area contributed by atoms with Crippen molar-refractivity contribution in [3.05, 3.63) is 0 Å². The molecule has 0 N–H and O–H groups in total. The molecule has 0 heterocycles. The third kappa shape index (κ3) is 6.05. The highest BCUT2D eigenvalue weighted by Crippen LogP contribution is 2.05. The van der Waals surface area contributed by atoms with Crippen LogP contribution in [0.1, 0.15) is 33.6 Å². The Kier molecular flexibility index (Phi) is 5.64. The van der Waals surface area contributed by atoms with Crippen LogP contribution < -0.4 is 0 Å². The zero-order chi connectivity index (χ0) is 7.98. The lowest BCUT2D eigenvalue weighted by molar-refractivity contribution is -0.134. The van der Waals surface area contributed by atoms with Crippen molar-refractivity contribution in [1.82, 2.24) is 0 Å². The minimum atomic E-state index is -0.862. The summed E-state index contributed by atoms with van der Waals surface area (Å²) in [5.74, 6) is 0.529. The van der Waals surface area contributed by atoms with Crippen molar-refractivity contribution in [3.63, 3.8) is 0 Å². The van der Waals surface area contributed by atoms with Crippen molar-refractivity contribution in [3.8, 4) is 0 Å². The van der Waals surface area contributed by atoms with Gasteiger partial charge < -0.3 is 4.74 Å². The molecule has 0 amide bonds. The first-order chi connectivity index (χ1) is 4.66. The van der Waals surface area contributed by atoms with E-state index in [1.165, 1.54) is 6.92 Å². The molecule has 2 heteroatoms. The first kappa shape index (κ1) is 9.92. The molecule has 2 unspecified atom stereocenters. The van der Waals surface area contributed by atoms with Gasteiger partial charge in [-0.3, -0.25) is 0 Å². The average Bonchev–Trinajstić information content (AvgIpc) is 1.85. The van der Waals surface area contributed by atoms with E-state index in [0.29, 0.717) is 12.5 Å². The lowest BCUT2D eigenvalue weighted by atomic mass is 10.1. The largest absolute Gasteiger partial charge is 0.350 e. The third-order valence-corrected chi connectivity index (χ3v) is 1.40. The summed E-state index contributed by atoms with van der Waals surface area (Å²) in [5, 5.41) is 10.4. The summed E-state index contributed by atoms with van der Waals surface area (Å²) in [7, 11) is 0. The summed E-state index contributed by atoms with van der Waals surface area (Å²) in [6.07, 6.45) is 1.45. The summed E-state index contributed by atoms with van der Waals surface area (Å²) in [5.41, 5.74) is 0. The molecule has 0 aromatic rings. The standard InChI is InChI=1S/C8H17O2/c1-4-5-7(2)6-10-8(3)9/h7-8H,4-6H2,1-3H3. The van der Waals surface area contributed by atoms with Gasteiger partial charge in [0, 0.05) is 0 Å². The van der Waals surface area contributed by atoms with Crippen molar-refractivity contribution in [2.45, 2.75) is 39.9 Å². The molecule has 0 aromatic carbocycles. The lowest BCUT2D eigenvalue weighted by Crippen LogP contribution is -2.11. The van der Waals surface area contributed by atoms with E-state index >= 15 is 0 Å². The van der Waals surface area contributed by atoms with Crippen molar-refractivity contribution >= 4 is 0 Å². The Morgan fingerprint density at radius 1 is 1.40 bits per heavy atom. The number of hydrogen-bond donors (Lipinski definition) is 0. The summed E-state index contributed by atoms with van der Waals surface area (Å²) < 4.78 is 4.90. The fourth-order valence-corrected chi connectivity index (χ4v) is 0.876. The fraction of sp³-hybridized carbons (Fsp3) is 1.00. The van der Waals surface area contributed by atoms with Crippen LogP contribution >= 0.6 is 0 Å². The Bertz CT molecular complexity index is 71.7. The Labute approximate surface area is 63.2 Å². The van der Waals surface area contributed by atoms with Gasteiger partial charge in [-0.1, -0.05) is 20.3 Å². The van der Waals surface area contributed by atoms with Crippen molar-refractivity contribution in [1.29, 1.82) is 0 Å². The fourth-order valence-electron chi connectivity index (χ4n) is 0.876. The van der Waals surface area contributed by atoms with Gasteiger partial charge in [0.2, 0.25) is 0 Å². The first-order valence-electron chi connectivity index (χ1n) is 3.94. The highest BCUT2D eigenvalue weighted by atomic mass is 16.6. The molecular formula is C8H17O2. The second-order valence-electron chi connectivity index (χ2n) is 2.79. The molecule has 0 fully saturated rings. The Hall–Kier alpha value is -0.0800. The van der Waals surface area contributed by atoms with Gasteiger partial charge in [-0.15, -0.1) is 0 Å². The molecule has 61 valence electrons. The van der Waals surface area contributed by atoms with Crippen LogP contribution in [0.4, 0.5) is 0 Å². The van der Waals surface area contributed by atoms with Gasteiger partial charge in [-0.25, -0.2) is 5.11 Å². The van der Waals surface area contributed by atoms with E-state index in [1.807, 2.05) is 0 Å². The molecule has 0 bridgehead atoms. The number of rotatable bonds is 5. The SMILES string of the molecule is CCCC(C)COC(C)[O]. The van der Waals surface area contributed by atoms with E-state index in [9.17, 15) is 5.11 Å². The predicted molar refractivity (Wildman–Crippen MR) is 40.2 cm³/mol. The highest BCUT2D eigenvalue weighted by Gasteiger charge is 2.02. The normalized spacial score (nSPS) is 16.8. The topological polar surface area (TPSA) is 29.1 Å². The number of hydrogen-bond acceptors (Lipinski definition) is 1. The van der Waals surface area contributed by atoms with Crippen LogP contribution in [0.3, 0.4) is 0 Å². The molecule has 10 heavy (non-hydrogen) atoms. The van der Waals surface area contributed by atoms with Gasteiger partial charge in [-0.05, 0) is 19.3 Å². The average molecular weight is 145 g/mol. The Balaban J connectivity index is 3.12. The zero-order valence-corrected chi connectivity index (χ0v) is 7.09. The summed E-state index contributed by atoms with van der Waals surface area (Å²) in [6.45, 7) is 6.38. The van der Waals surface area contributed by atoms with Crippen LogP contribution in [0.2, 0.25) is 0 Å². The second-order valence-corrected chi connectivity index (χ2v) is 2.79. The Morgan fingerprint density at radius 3 is 2.40 bits per heavy atom. The van der Waals surface area contributed by atoms with Crippen LogP contribution in [0.25, 0.3) is 0 Å². The third-order valence-electron chi connectivity index (χ3n) is 1.40.